The molecule has 1 aromatic heterocycles. The number of likely N-dealkylation sites (tertiary alicyclic amines) is 1. The van der Waals surface area contributed by atoms with Crippen LogP contribution in [0.3, 0.4) is 0 Å². The molecule has 1 aromatic carbocycles. The molecule has 2 fully saturated rings. The first-order chi connectivity index (χ1) is 12.3. The predicted molar refractivity (Wildman–Crippen MR) is 89.4 cm³/mol. The number of morpholine rings is 1. The summed E-state index contributed by atoms with van der Waals surface area (Å²) in [5.74, 6) is 1.43. The second kappa shape index (κ2) is 7.25. The number of ether oxygens (including phenoxy) is 2. The minimum Gasteiger partial charge on any atom is -0.487 e. The molecular formula is C18H21N3O4. The summed E-state index contributed by atoms with van der Waals surface area (Å²) in [6, 6.07) is 11.4. The molecule has 0 saturated carbocycles. The molecule has 0 aliphatic carbocycles. The Kier molecular flexibility index (Phi) is 4.67. The summed E-state index contributed by atoms with van der Waals surface area (Å²) >= 11 is 0. The van der Waals surface area contributed by atoms with E-state index in [1.165, 1.54) is 0 Å². The smallest absolute Gasteiger partial charge is 0.276 e. The van der Waals surface area contributed by atoms with E-state index in [4.69, 9.17) is 14.0 Å². The number of nitrogens with zero attached hydrogens (tertiary/aromatic N) is 3. The zero-order chi connectivity index (χ0) is 17.1. The summed E-state index contributed by atoms with van der Waals surface area (Å²) in [7, 11) is 0. The number of rotatable bonds is 5. The average molecular weight is 343 g/mol. The molecule has 4 rings (SSSR count). The molecule has 0 N–H and O–H groups in total. The Morgan fingerprint density at radius 2 is 1.96 bits per heavy atom. The Morgan fingerprint density at radius 1 is 1.20 bits per heavy atom. The van der Waals surface area contributed by atoms with Crippen LogP contribution >= 0.6 is 0 Å². The van der Waals surface area contributed by atoms with Crippen LogP contribution in [0.25, 0.3) is 0 Å². The first-order valence-corrected chi connectivity index (χ1v) is 8.54. The first kappa shape index (κ1) is 16.1. The van der Waals surface area contributed by atoms with Gasteiger partial charge in [-0.05, 0) is 12.1 Å². The number of carbonyl (C=O) groups excluding carboxylic acids is 1. The van der Waals surface area contributed by atoms with Gasteiger partial charge >= 0.3 is 0 Å². The van der Waals surface area contributed by atoms with Gasteiger partial charge in [-0.15, -0.1) is 0 Å². The van der Waals surface area contributed by atoms with Crippen molar-refractivity contribution in [1.29, 1.82) is 0 Å². The fraction of sp³-hybridized carbons (Fsp3) is 0.444. The lowest BCUT2D eigenvalue weighted by Gasteiger charge is -2.38. The van der Waals surface area contributed by atoms with E-state index >= 15 is 0 Å². The third-order valence-corrected chi connectivity index (χ3v) is 4.44. The second-order valence-corrected chi connectivity index (χ2v) is 6.33. The van der Waals surface area contributed by atoms with Gasteiger partial charge in [-0.2, -0.15) is 0 Å². The number of hydrogen-bond donors (Lipinski definition) is 0. The second-order valence-electron chi connectivity index (χ2n) is 6.33. The monoisotopic (exact) mass is 343 g/mol. The SMILES string of the molecule is O=C(c1cc(CN2CCOCC2)on1)N1CC(Oc2ccccc2)C1. The number of hydrogen-bond acceptors (Lipinski definition) is 6. The number of carbonyl (C=O) groups is 1. The highest BCUT2D eigenvalue weighted by molar-refractivity contribution is 5.92. The van der Waals surface area contributed by atoms with Crippen LogP contribution < -0.4 is 4.74 Å². The molecule has 2 aliphatic heterocycles. The lowest BCUT2D eigenvalue weighted by molar-refractivity contribution is 0.0170. The van der Waals surface area contributed by atoms with Crippen molar-refractivity contribution in [2.24, 2.45) is 0 Å². The van der Waals surface area contributed by atoms with E-state index in [2.05, 4.69) is 10.1 Å². The highest BCUT2D eigenvalue weighted by Crippen LogP contribution is 2.20. The molecule has 2 aliphatic rings. The van der Waals surface area contributed by atoms with Gasteiger partial charge in [0, 0.05) is 19.2 Å². The van der Waals surface area contributed by atoms with Crippen molar-refractivity contribution >= 4 is 5.91 Å². The molecule has 0 bridgehead atoms. The van der Waals surface area contributed by atoms with Crippen molar-refractivity contribution in [3.63, 3.8) is 0 Å². The quantitative estimate of drug-likeness (QED) is 0.818. The van der Waals surface area contributed by atoms with Gasteiger partial charge in [-0.1, -0.05) is 23.4 Å². The third-order valence-electron chi connectivity index (χ3n) is 4.44. The van der Waals surface area contributed by atoms with Crippen LogP contribution in [0.1, 0.15) is 16.2 Å². The van der Waals surface area contributed by atoms with Crippen molar-refractivity contribution in [1.82, 2.24) is 15.0 Å². The standard InChI is InChI=1S/C18H21N3O4/c22-18(21-12-16(13-21)24-14-4-2-1-3-5-14)17-10-15(25-19-17)11-20-6-8-23-9-7-20/h1-5,10,16H,6-9,11-13H2. The molecule has 0 unspecified atom stereocenters. The fourth-order valence-electron chi connectivity index (χ4n) is 3.00. The first-order valence-electron chi connectivity index (χ1n) is 8.54. The third kappa shape index (κ3) is 3.83. The van der Waals surface area contributed by atoms with E-state index in [1.807, 2.05) is 30.3 Å². The lowest BCUT2D eigenvalue weighted by Crippen LogP contribution is -2.56. The molecule has 1 amide bonds. The van der Waals surface area contributed by atoms with Crippen LogP contribution in [0.5, 0.6) is 5.75 Å². The molecule has 132 valence electrons. The fourth-order valence-corrected chi connectivity index (χ4v) is 3.00. The van der Waals surface area contributed by atoms with Gasteiger partial charge in [0.1, 0.15) is 11.9 Å². The van der Waals surface area contributed by atoms with Gasteiger partial charge in [-0.3, -0.25) is 9.69 Å². The van der Waals surface area contributed by atoms with Gasteiger partial charge in [0.25, 0.3) is 5.91 Å². The maximum Gasteiger partial charge on any atom is 0.276 e. The van der Waals surface area contributed by atoms with E-state index in [9.17, 15) is 4.79 Å². The van der Waals surface area contributed by atoms with Crippen LogP contribution in [0.4, 0.5) is 0 Å². The van der Waals surface area contributed by atoms with Crippen LogP contribution in [0, 0.1) is 0 Å². The summed E-state index contributed by atoms with van der Waals surface area (Å²) in [6.45, 7) is 5.00. The molecule has 0 radical (unpaired) electrons. The van der Waals surface area contributed by atoms with Gasteiger partial charge in [0.05, 0.1) is 32.8 Å². The minimum atomic E-state index is -0.107. The summed E-state index contributed by atoms with van der Waals surface area (Å²) in [4.78, 5) is 16.4. The Hall–Kier alpha value is -2.38. The average Bonchev–Trinajstić information content (AvgIpc) is 3.07. The molecule has 7 heteroatoms. The molecule has 2 saturated heterocycles. The highest BCUT2D eigenvalue weighted by atomic mass is 16.5. The highest BCUT2D eigenvalue weighted by Gasteiger charge is 2.34. The molecule has 0 spiro atoms. The van der Waals surface area contributed by atoms with Gasteiger partial charge < -0.3 is 18.9 Å². The van der Waals surface area contributed by atoms with E-state index < -0.39 is 0 Å². The molecule has 2 aromatic rings. The minimum absolute atomic E-state index is 0.0334. The topological polar surface area (TPSA) is 68.0 Å². The van der Waals surface area contributed by atoms with Crippen molar-refractivity contribution in [3.05, 3.63) is 47.9 Å². The van der Waals surface area contributed by atoms with E-state index in [0.717, 1.165) is 32.1 Å². The summed E-state index contributed by atoms with van der Waals surface area (Å²) in [5.41, 5.74) is 0.362. The normalized spacial score (nSPS) is 18.8. The molecule has 3 heterocycles. The zero-order valence-corrected chi connectivity index (χ0v) is 14.0. The number of benzene rings is 1. The Labute approximate surface area is 146 Å². The Balaban J connectivity index is 1.27. The summed E-state index contributed by atoms with van der Waals surface area (Å²) < 4.78 is 16.5. The van der Waals surface area contributed by atoms with E-state index in [-0.39, 0.29) is 12.0 Å². The summed E-state index contributed by atoms with van der Waals surface area (Å²) in [5, 5.41) is 3.93. The van der Waals surface area contributed by atoms with Gasteiger partial charge in [-0.25, -0.2) is 0 Å². The Morgan fingerprint density at radius 3 is 2.72 bits per heavy atom. The largest absolute Gasteiger partial charge is 0.487 e. The van der Waals surface area contributed by atoms with Crippen LogP contribution in [0.15, 0.2) is 40.9 Å². The molecule has 25 heavy (non-hydrogen) atoms. The predicted octanol–water partition coefficient (Wildman–Crippen LogP) is 1.41. The van der Waals surface area contributed by atoms with Crippen molar-refractivity contribution < 1.29 is 18.8 Å². The molecule has 0 atom stereocenters. The number of para-hydroxylation sites is 1. The van der Waals surface area contributed by atoms with Crippen LogP contribution in [0.2, 0.25) is 0 Å². The maximum absolute atomic E-state index is 12.4. The van der Waals surface area contributed by atoms with Crippen LogP contribution in [-0.2, 0) is 11.3 Å². The molecule has 7 nitrogen and oxygen atoms in total. The summed E-state index contributed by atoms with van der Waals surface area (Å²) in [6.07, 6.45) is 0.0334. The van der Waals surface area contributed by atoms with E-state index in [0.29, 0.717) is 31.1 Å². The zero-order valence-electron chi connectivity index (χ0n) is 14.0. The van der Waals surface area contributed by atoms with Crippen molar-refractivity contribution in [2.45, 2.75) is 12.6 Å². The van der Waals surface area contributed by atoms with Gasteiger partial charge in [0.2, 0.25) is 0 Å². The number of amides is 1. The Bertz CT molecular complexity index is 706. The molecular weight excluding hydrogens is 322 g/mol. The van der Waals surface area contributed by atoms with E-state index in [1.54, 1.807) is 11.0 Å². The van der Waals surface area contributed by atoms with Crippen molar-refractivity contribution in [3.8, 4) is 5.75 Å². The van der Waals surface area contributed by atoms with Crippen LogP contribution in [-0.4, -0.2) is 66.4 Å². The lowest BCUT2D eigenvalue weighted by atomic mass is 10.1. The van der Waals surface area contributed by atoms with Crippen molar-refractivity contribution in [2.75, 3.05) is 39.4 Å². The number of aromatic nitrogens is 1. The maximum atomic E-state index is 12.4. The van der Waals surface area contributed by atoms with Gasteiger partial charge in [0.15, 0.2) is 11.5 Å².